The van der Waals surface area contributed by atoms with Gasteiger partial charge in [0.15, 0.2) is 0 Å². The molecule has 1 aromatic rings. The topological polar surface area (TPSA) is 28.2 Å². The highest BCUT2D eigenvalue weighted by Gasteiger charge is 2.43. The number of nitrogens with zero attached hydrogens (tertiary/aromatic N) is 2. The Morgan fingerprint density at radius 2 is 2.11 bits per heavy atom. The van der Waals surface area contributed by atoms with Gasteiger partial charge in [0, 0.05) is 29.2 Å². The number of nitrogens with one attached hydrogen (secondary N) is 1. The predicted octanol–water partition coefficient (Wildman–Crippen LogP) is 3.12. The van der Waals surface area contributed by atoms with Crippen LogP contribution in [0.5, 0.6) is 0 Å². The normalized spacial score (nSPS) is 32.7. The van der Waals surface area contributed by atoms with Crippen LogP contribution in [0.1, 0.15) is 55.5 Å². The zero-order valence-corrected chi connectivity index (χ0v) is 13.0. The number of rotatable bonds is 4. The first-order chi connectivity index (χ1) is 9.19. The molecule has 0 aromatic carbocycles. The van der Waals surface area contributed by atoms with Gasteiger partial charge in [-0.2, -0.15) is 0 Å². The zero-order valence-electron chi connectivity index (χ0n) is 12.2. The molecule has 2 bridgehead atoms. The number of aryl methyl sites for hydroxylation is 1. The van der Waals surface area contributed by atoms with Gasteiger partial charge in [0.1, 0.15) is 5.01 Å². The third kappa shape index (κ3) is 2.58. The summed E-state index contributed by atoms with van der Waals surface area (Å²) in [4.78, 5) is 8.69. The van der Waals surface area contributed by atoms with E-state index in [1.165, 1.54) is 35.6 Å². The molecule has 0 aliphatic carbocycles. The van der Waals surface area contributed by atoms with Gasteiger partial charge in [-0.25, -0.2) is 4.98 Å². The van der Waals surface area contributed by atoms with Crippen molar-refractivity contribution in [3.8, 4) is 0 Å². The Bertz CT molecular complexity index is 417. The zero-order chi connectivity index (χ0) is 13.4. The summed E-state index contributed by atoms with van der Waals surface area (Å²) in [5.74, 6) is 0. The summed E-state index contributed by atoms with van der Waals surface area (Å²) in [7, 11) is 0. The standard InChI is InChI=1S/C15H25N3S/c1-4-16-12-7-13-5-6-14(8-12)18(13)11(3)15-17-9-10(2)19-15/h9,11-14,16H,4-8H2,1-3H3. The van der Waals surface area contributed by atoms with Crippen LogP contribution in [-0.4, -0.2) is 34.6 Å². The fourth-order valence-electron chi connectivity index (χ4n) is 3.99. The Morgan fingerprint density at radius 3 is 2.63 bits per heavy atom. The quantitative estimate of drug-likeness (QED) is 0.918. The van der Waals surface area contributed by atoms with Gasteiger partial charge in [-0.3, -0.25) is 4.90 Å². The van der Waals surface area contributed by atoms with Gasteiger partial charge in [0.25, 0.3) is 0 Å². The Hall–Kier alpha value is -0.450. The first-order valence-corrected chi connectivity index (χ1v) is 8.43. The molecule has 3 atom stereocenters. The molecule has 3 unspecified atom stereocenters. The molecule has 1 aromatic heterocycles. The highest BCUT2D eigenvalue weighted by atomic mass is 32.1. The number of aromatic nitrogens is 1. The summed E-state index contributed by atoms with van der Waals surface area (Å²) in [6.07, 6.45) is 7.41. The fourth-order valence-corrected chi connectivity index (χ4v) is 4.83. The van der Waals surface area contributed by atoms with Crippen molar-refractivity contribution in [1.29, 1.82) is 0 Å². The minimum absolute atomic E-state index is 0.499. The second kappa shape index (κ2) is 5.51. The Kier molecular flexibility index (Phi) is 3.92. The molecule has 3 nitrogen and oxygen atoms in total. The van der Waals surface area contributed by atoms with E-state index in [1.807, 2.05) is 17.5 Å². The van der Waals surface area contributed by atoms with Crippen LogP contribution in [0, 0.1) is 6.92 Å². The SMILES string of the molecule is CCNC1CC2CCC(C1)N2C(C)c1ncc(C)s1. The van der Waals surface area contributed by atoms with Crippen LogP contribution in [0.2, 0.25) is 0 Å². The molecule has 19 heavy (non-hydrogen) atoms. The van der Waals surface area contributed by atoms with Crippen LogP contribution in [0.3, 0.4) is 0 Å². The van der Waals surface area contributed by atoms with Gasteiger partial charge in [-0.05, 0) is 46.1 Å². The van der Waals surface area contributed by atoms with Gasteiger partial charge in [-0.1, -0.05) is 6.92 Å². The lowest BCUT2D eigenvalue weighted by molar-refractivity contribution is 0.0774. The number of piperidine rings is 1. The number of hydrogen-bond donors (Lipinski definition) is 1. The maximum atomic E-state index is 4.60. The number of fused-ring (bicyclic) bond motifs is 2. The molecule has 4 heteroatoms. The summed E-state index contributed by atoms with van der Waals surface area (Å²) in [6, 6.07) is 2.77. The monoisotopic (exact) mass is 279 g/mol. The van der Waals surface area contributed by atoms with Crippen LogP contribution >= 0.6 is 11.3 Å². The van der Waals surface area contributed by atoms with E-state index in [0.29, 0.717) is 6.04 Å². The molecule has 2 aliphatic heterocycles. The van der Waals surface area contributed by atoms with E-state index in [2.05, 4.69) is 36.0 Å². The minimum Gasteiger partial charge on any atom is -0.314 e. The lowest BCUT2D eigenvalue weighted by Crippen LogP contribution is -2.49. The van der Waals surface area contributed by atoms with Crippen molar-refractivity contribution in [2.75, 3.05) is 6.54 Å². The van der Waals surface area contributed by atoms with Crippen LogP contribution < -0.4 is 5.32 Å². The second-order valence-electron chi connectivity index (χ2n) is 6.04. The van der Waals surface area contributed by atoms with E-state index in [4.69, 9.17) is 0 Å². The second-order valence-corrected chi connectivity index (χ2v) is 7.31. The van der Waals surface area contributed by atoms with E-state index in [0.717, 1.165) is 24.7 Å². The Morgan fingerprint density at radius 1 is 1.42 bits per heavy atom. The lowest BCUT2D eigenvalue weighted by Gasteiger charge is -2.42. The summed E-state index contributed by atoms with van der Waals surface area (Å²) < 4.78 is 0. The molecule has 2 aliphatic rings. The number of hydrogen-bond acceptors (Lipinski definition) is 4. The largest absolute Gasteiger partial charge is 0.314 e. The van der Waals surface area contributed by atoms with Crippen LogP contribution in [0.15, 0.2) is 6.20 Å². The van der Waals surface area contributed by atoms with Crippen molar-refractivity contribution in [3.63, 3.8) is 0 Å². The van der Waals surface area contributed by atoms with Crippen molar-refractivity contribution in [2.24, 2.45) is 0 Å². The predicted molar refractivity (Wildman–Crippen MR) is 80.6 cm³/mol. The number of thiazole rings is 1. The average Bonchev–Trinajstić information content (AvgIpc) is 2.92. The molecule has 0 radical (unpaired) electrons. The van der Waals surface area contributed by atoms with E-state index in [9.17, 15) is 0 Å². The summed E-state index contributed by atoms with van der Waals surface area (Å²) in [5, 5.41) is 4.95. The molecule has 1 N–H and O–H groups in total. The van der Waals surface area contributed by atoms with Crippen molar-refractivity contribution >= 4 is 11.3 Å². The highest BCUT2D eigenvalue weighted by Crippen LogP contribution is 2.42. The Labute approximate surface area is 120 Å². The Balaban J connectivity index is 1.73. The van der Waals surface area contributed by atoms with Crippen LogP contribution in [-0.2, 0) is 0 Å². The van der Waals surface area contributed by atoms with Crippen molar-refractivity contribution in [3.05, 3.63) is 16.1 Å². The van der Waals surface area contributed by atoms with Gasteiger partial charge in [0.2, 0.25) is 0 Å². The third-order valence-electron chi connectivity index (χ3n) is 4.73. The van der Waals surface area contributed by atoms with E-state index >= 15 is 0 Å². The first-order valence-electron chi connectivity index (χ1n) is 7.62. The average molecular weight is 279 g/mol. The highest BCUT2D eigenvalue weighted by molar-refractivity contribution is 7.11. The molecule has 2 saturated heterocycles. The molecular formula is C15H25N3S. The maximum absolute atomic E-state index is 4.60. The van der Waals surface area contributed by atoms with Crippen molar-refractivity contribution in [2.45, 2.75) is 70.6 Å². The maximum Gasteiger partial charge on any atom is 0.110 e. The van der Waals surface area contributed by atoms with Gasteiger partial charge in [-0.15, -0.1) is 11.3 Å². The van der Waals surface area contributed by atoms with Gasteiger partial charge in [0.05, 0.1) is 6.04 Å². The summed E-state index contributed by atoms with van der Waals surface area (Å²) >= 11 is 1.86. The first kappa shape index (κ1) is 13.5. The molecule has 0 spiro atoms. The van der Waals surface area contributed by atoms with Crippen molar-refractivity contribution < 1.29 is 0 Å². The molecule has 0 amide bonds. The van der Waals surface area contributed by atoms with Crippen LogP contribution in [0.25, 0.3) is 0 Å². The molecule has 3 rings (SSSR count). The summed E-state index contributed by atoms with van der Waals surface area (Å²) in [5.41, 5.74) is 0. The molecule has 2 fully saturated rings. The summed E-state index contributed by atoms with van der Waals surface area (Å²) in [6.45, 7) is 7.82. The van der Waals surface area contributed by atoms with E-state index in [-0.39, 0.29) is 0 Å². The lowest BCUT2D eigenvalue weighted by atomic mass is 9.95. The third-order valence-corrected chi connectivity index (χ3v) is 5.81. The molecule has 106 valence electrons. The smallest absolute Gasteiger partial charge is 0.110 e. The van der Waals surface area contributed by atoms with Gasteiger partial charge < -0.3 is 5.32 Å². The minimum atomic E-state index is 0.499. The van der Waals surface area contributed by atoms with E-state index in [1.54, 1.807) is 0 Å². The fraction of sp³-hybridized carbons (Fsp3) is 0.800. The van der Waals surface area contributed by atoms with Crippen LogP contribution in [0.4, 0.5) is 0 Å². The molecule has 0 saturated carbocycles. The molecule has 3 heterocycles. The molecular weight excluding hydrogens is 254 g/mol. The van der Waals surface area contributed by atoms with Gasteiger partial charge >= 0.3 is 0 Å². The van der Waals surface area contributed by atoms with E-state index < -0.39 is 0 Å². The van der Waals surface area contributed by atoms with Crippen molar-refractivity contribution in [1.82, 2.24) is 15.2 Å².